The molecule has 0 aliphatic rings. The number of carbonyl (C=O) groups is 4. The molecule has 2 atom stereocenters. The van der Waals surface area contributed by atoms with E-state index in [1.54, 1.807) is 31.3 Å². The first kappa shape index (κ1) is 32.7. The normalized spacial score (nSPS) is 12.4. The summed E-state index contributed by atoms with van der Waals surface area (Å²) in [5, 5.41) is 11.6. The largest absolute Gasteiger partial charge is 0.453 e. The number of ether oxygens (including phenoxy) is 1. The van der Waals surface area contributed by atoms with E-state index in [0.29, 0.717) is 31.6 Å². The van der Waals surface area contributed by atoms with Crippen LogP contribution in [-0.2, 0) is 20.9 Å². The predicted octanol–water partition coefficient (Wildman–Crippen LogP) is 2.95. The summed E-state index contributed by atoms with van der Waals surface area (Å²) in [6, 6.07) is 5.21. The van der Waals surface area contributed by atoms with Crippen molar-refractivity contribution in [1.82, 2.24) is 20.9 Å². The number of urea groups is 1. The maximum atomic E-state index is 13.2. The molecule has 11 nitrogen and oxygen atoms in total. The summed E-state index contributed by atoms with van der Waals surface area (Å²) in [6.45, 7) is 7.46. The van der Waals surface area contributed by atoms with Gasteiger partial charge in [0.05, 0.1) is 13.2 Å². The molecule has 0 fully saturated rings. The van der Waals surface area contributed by atoms with Gasteiger partial charge in [-0.05, 0) is 49.4 Å². The molecule has 214 valence electrons. The number of nitrogens with one attached hydrogen (secondary N) is 4. The summed E-state index contributed by atoms with van der Waals surface area (Å²) in [4.78, 5) is 50.4. The molecule has 6 N–H and O–H groups in total. The lowest BCUT2D eigenvalue weighted by Crippen LogP contribution is -2.53. The summed E-state index contributed by atoms with van der Waals surface area (Å²) in [7, 11) is 2.95. The molecule has 0 saturated heterocycles. The number of carbonyl (C=O) groups excluding carboxylic acids is 4. The molecule has 11 heteroatoms. The van der Waals surface area contributed by atoms with Gasteiger partial charge in [-0.2, -0.15) is 0 Å². The van der Waals surface area contributed by atoms with Crippen molar-refractivity contribution >= 4 is 29.6 Å². The van der Waals surface area contributed by atoms with Gasteiger partial charge in [-0.25, -0.2) is 9.59 Å². The molecule has 0 heterocycles. The van der Waals surface area contributed by atoms with Crippen LogP contribution in [0.15, 0.2) is 24.3 Å². The fourth-order valence-corrected chi connectivity index (χ4v) is 3.91. The molecule has 0 unspecified atom stereocenters. The Morgan fingerprint density at radius 2 is 1.66 bits per heavy atom. The van der Waals surface area contributed by atoms with E-state index in [9.17, 15) is 19.2 Å². The molecule has 0 bridgehead atoms. The third-order valence-electron chi connectivity index (χ3n) is 6.07. The van der Waals surface area contributed by atoms with Crippen LogP contribution in [0.25, 0.3) is 0 Å². The Morgan fingerprint density at radius 1 is 0.974 bits per heavy atom. The number of nitrogens with zero attached hydrogens (tertiary/aromatic N) is 1. The minimum atomic E-state index is -0.801. The fourth-order valence-electron chi connectivity index (χ4n) is 3.91. The highest BCUT2D eigenvalue weighted by Crippen LogP contribution is 2.13. The van der Waals surface area contributed by atoms with Gasteiger partial charge in [-0.3, -0.25) is 9.59 Å². The minimum absolute atomic E-state index is 0.0390. The summed E-state index contributed by atoms with van der Waals surface area (Å²) in [5.41, 5.74) is 6.56. The van der Waals surface area contributed by atoms with Gasteiger partial charge in [0.2, 0.25) is 11.8 Å². The highest BCUT2D eigenvalue weighted by molar-refractivity contribution is 5.97. The summed E-state index contributed by atoms with van der Waals surface area (Å²) < 4.78 is 4.70. The second-order valence-corrected chi connectivity index (χ2v) is 9.74. The lowest BCUT2D eigenvalue weighted by molar-refractivity contribution is -0.128. The highest BCUT2D eigenvalue weighted by Gasteiger charge is 2.27. The van der Waals surface area contributed by atoms with Crippen molar-refractivity contribution in [2.45, 2.75) is 77.9 Å². The third-order valence-corrected chi connectivity index (χ3v) is 6.07. The van der Waals surface area contributed by atoms with Gasteiger partial charge in [0, 0.05) is 25.8 Å². The van der Waals surface area contributed by atoms with Crippen LogP contribution in [0.1, 0.15) is 64.9 Å². The number of amides is 5. The van der Waals surface area contributed by atoms with Crippen LogP contribution in [0.2, 0.25) is 0 Å². The zero-order valence-electron chi connectivity index (χ0n) is 23.5. The molecule has 5 amide bonds. The standard InChI is InChI=1S/C27H46N6O5/c1-6-7-8-9-16-29-23(19(2)3)25(35)32-22(11-10-17-30-26(28)36)24(34)31-21-14-12-20(13-15-21)18-33(4)27(37)38-5/h12-15,19,22-23,29H,6-11,16-18H2,1-5H3,(H,31,34)(H,32,35)(H3,28,30,36)/t22-,23-/m0/s1. The van der Waals surface area contributed by atoms with Gasteiger partial charge in [0.1, 0.15) is 6.04 Å². The van der Waals surface area contributed by atoms with Gasteiger partial charge in [-0.1, -0.05) is 52.2 Å². The molecule has 0 saturated carbocycles. The summed E-state index contributed by atoms with van der Waals surface area (Å²) >= 11 is 0. The Morgan fingerprint density at radius 3 is 2.24 bits per heavy atom. The van der Waals surface area contributed by atoms with E-state index in [1.165, 1.54) is 12.0 Å². The molecular formula is C27H46N6O5. The average molecular weight is 535 g/mol. The molecule has 1 rings (SSSR count). The number of primary amides is 1. The Bertz CT molecular complexity index is 877. The number of anilines is 1. The molecule has 38 heavy (non-hydrogen) atoms. The summed E-state index contributed by atoms with van der Waals surface area (Å²) in [5.74, 6) is -0.556. The van der Waals surface area contributed by atoms with Crippen molar-refractivity contribution in [1.29, 1.82) is 0 Å². The van der Waals surface area contributed by atoms with Crippen LogP contribution in [-0.4, -0.2) is 68.2 Å². The number of methoxy groups -OCH3 is 1. The van der Waals surface area contributed by atoms with Crippen LogP contribution < -0.4 is 27.0 Å². The smallest absolute Gasteiger partial charge is 0.409 e. The maximum absolute atomic E-state index is 13.2. The van der Waals surface area contributed by atoms with E-state index in [1.807, 2.05) is 13.8 Å². The Hall–Kier alpha value is -3.34. The number of hydrogen-bond donors (Lipinski definition) is 5. The SMILES string of the molecule is CCCCCCN[C@H](C(=O)N[C@@H](CCCNC(N)=O)C(=O)Nc1ccc(CN(C)C(=O)OC)cc1)C(C)C. The first-order chi connectivity index (χ1) is 18.1. The lowest BCUT2D eigenvalue weighted by atomic mass is 10.0. The summed E-state index contributed by atoms with van der Waals surface area (Å²) in [6.07, 6.45) is 4.72. The van der Waals surface area contributed by atoms with E-state index < -0.39 is 24.2 Å². The first-order valence-corrected chi connectivity index (χ1v) is 13.3. The molecule has 0 spiro atoms. The van der Waals surface area contributed by atoms with Gasteiger partial charge in [0.15, 0.2) is 0 Å². The quantitative estimate of drug-likeness (QED) is 0.194. The lowest BCUT2D eigenvalue weighted by Gasteiger charge is -2.25. The van der Waals surface area contributed by atoms with Crippen molar-refractivity contribution in [2.75, 3.05) is 32.6 Å². The van der Waals surface area contributed by atoms with Crippen molar-refractivity contribution in [2.24, 2.45) is 11.7 Å². The van der Waals surface area contributed by atoms with Crippen molar-refractivity contribution in [3.63, 3.8) is 0 Å². The molecular weight excluding hydrogens is 488 g/mol. The Kier molecular flexibility index (Phi) is 15.5. The molecule has 0 aliphatic carbocycles. The second-order valence-electron chi connectivity index (χ2n) is 9.74. The zero-order chi connectivity index (χ0) is 28.5. The monoisotopic (exact) mass is 534 g/mol. The van der Waals surface area contributed by atoms with Crippen molar-refractivity contribution < 1.29 is 23.9 Å². The van der Waals surface area contributed by atoms with Crippen LogP contribution >= 0.6 is 0 Å². The predicted molar refractivity (Wildman–Crippen MR) is 148 cm³/mol. The van der Waals surface area contributed by atoms with Crippen LogP contribution in [0.5, 0.6) is 0 Å². The molecule has 1 aromatic carbocycles. The number of nitrogens with two attached hydrogens (primary N) is 1. The number of unbranched alkanes of at least 4 members (excludes halogenated alkanes) is 3. The van der Waals surface area contributed by atoms with E-state index in [0.717, 1.165) is 37.8 Å². The van der Waals surface area contributed by atoms with Crippen LogP contribution in [0.3, 0.4) is 0 Å². The van der Waals surface area contributed by atoms with E-state index in [4.69, 9.17) is 10.5 Å². The molecule has 1 aromatic rings. The average Bonchev–Trinajstić information content (AvgIpc) is 2.87. The van der Waals surface area contributed by atoms with Crippen LogP contribution in [0, 0.1) is 5.92 Å². The molecule has 0 aromatic heterocycles. The Labute approximate surface area is 226 Å². The molecule has 0 radical (unpaired) electrons. The van der Waals surface area contributed by atoms with Gasteiger partial charge in [-0.15, -0.1) is 0 Å². The number of rotatable bonds is 17. The van der Waals surface area contributed by atoms with E-state index in [2.05, 4.69) is 28.2 Å². The van der Waals surface area contributed by atoms with Gasteiger partial charge >= 0.3 is 12.1 Å². The maximum Gasteiger partial charge on any atom is 0.409 e. The van der Waals surface area contributed by atoms with Crippen molar-refractivity contribution in [3.8, 4) is 0 Å². The van der Waals surface area contributed by atoms with E-state index in [-0.39, 0.29) is 17.7 Å². The second kappa shape index (κ2) is 18.0. The zero-order valence-corrected chi connectivity index (χ0v) is 23.5. The van der Waals surface area contributed by atoms with Crippen molar-refractivity contribution in [3.05, 3.63) is 29.8 Å². The first-order valence-electron chi connectivity index (χ1n) is 13.3. The van der Waals surface area contributed by atoms with Gasteiger partial charge in [0.25, 0.3) is 0 Å². The number of hydrogen-bond acceptors (Lipinski definition) is 6. The van der Waals surface area contributed by atoms with Gasteiger partial charge < -0.3 is 36.6 Å². The topological polar surface area (TPSA) is 155 Å². The molecule has 0 aliphatic heterocycles. The minimum Gasteiger partial charge on any atom is -0.453 e. The van der Waals surface area contributed by atoms with E-state index >= 15 is 0 Å². The highest BCUT2D eigenvalue weighted by atomic mass is 16.5. The Balaban J connectivity index is 2.85. The van der Waals surface area contributed by atoms with Crippen LogP contribution in [0.4, 0.5) is 15.3 Å². The number of benzene rings is 1. The fraction of sp³-hybridized carbons (Fsp3) is 0.630. The third kappa shape index (κ3) is 12.8.